The Labute approximate surface area is 130 Å². The van der Waals surface area contributed by atoms with Gasteiger partial charge in [-0.1, -0.05) is 18.6 Å². The predicted molar refractivity (Wildman–Crippen MR) is 86.4 cm³/mol. The number of pyridine rings is 1. The van der Waals surface area contributed by atoms with Gasteiger partial charge in [0, 0.05) is 18.7 Å². The number of nitrogens with zero attached hydrogens (tertiary/aromatic N) is 1. The monoisotopic (exact) mass is 310 g/mol. The smallest absolute Gasteiger partial charge is 0.305 e. The van der Waals surface area contributed by atoms with Crippen LogP contribution in [0.3, 0.4) is 0 Å². The minimum atomic E-state index is -0.165. The van der Waals surface area contributed by atoms with Gasteiger partial charge in [0.1, 0.15) is 4.99 Å². The van der Waals surface area contributed by atoms with E-state index in [9.17, 15) is 9.59 Å². The molecule has 0 amide bonds. The van der Waals surface area contributed by atoms with Gasteiger partial charge in [-0.25, -0.2) is 0 Å². The SMILES string of the molecule is CCOC(=O)CCCCCn1c(C)ccc(C(N)=S)c1=O. The van der Waals surface area contributed by atoms with Gasteiger partial charge < -0.3 is 15.0 Å². The number of thiocarbonyl (C=S) groups is 1. The summed E-state index contributed by atoms with van der Waals surface area (Å²) in [5.41, 5.74) is 6.65. The van der Waals surface area contributed by atoms with E-state index in [1.807, 2.05) is 13.0 Å². The van der Waals surface area contributed by atoms with Crippen molar-refractivity contribution in [2.45, 2.75) is 46.1 Å². The van der Waals surface area contributed by atoms with Gasteiger partial charge in [0.15, 0.2) is 0 Å². The Hall–Kier alpha value is -1.69. The largest absolute Gasteiger partial charge is 0.466 e. The summed E-state index contributed by atoms with van der Waals surface area (Å²) in [7, 11) is 0. The summed E-state index contributed by atoms with van der Waals surface area (Å²) in [6.07, 6.45) is 2.87. The average molecular weight is 310 g/mol. The minimum Gasteiger partial charge on any atom is -0.466 e. The molecule has 0 aliphatic heterocycles. The van der Waals surface area contributed by atoms with Crippen LogP contribution in [0, 0.1) is 6.92 Å². The molecule has 0 aromatic carbocycles. The highest BCUT2D eigenvalue weighted by molar-refractivity contribution is 7.80. The molecule has 0 bridgehead atoms. The quantitative estimate of drug-likeness (QED) is 0.451. The van der Waals surface area contributed by atoms with Gasteiger partial charge in [-0.2, -0.15) is 0 Å². The van der Waals surface area contributed by atoms with E-state index in [-0.39, 0.29) is 16.5 Å². The maximum atomic E-state index is 12.2. The first-order valence-electron chi connectivity index (χ1n) is 7.13. The van der Waals surface area contributed by atoms with Crippen LogP contribution in [0.5, 0.6) is 0 Å². The van der Waals surface area contributed by atoms with Gasteiger partial charge in [0.05, 0.1) is 12.2 Å². The zero-order chi connectivity index (χ0) is 15.8. The van der Waals surface area contributed by atoms with Gasteiger partial charge >= 0.3 is 5.97 Å². The van der Waals surface area contributed by atoms with E-state index < -0.39 is 0 Å². The van der Waals surface area contributed by atoms with Crippen LogP contribution in [0.25, 0.3) is 0 Å². The number of carbonyl (C=O) groups excluding carboxylic acids is 1. The summed E-state index contributed by atoms with van der Waals surface area (Å²) in [4.78, 5) is 23.5. The number of carbonyl (C=O) groups is 1. The standard InChI is InChI=1S/C15H22N2O3S/c1-3-20-13(18)7-5-4-6-10-17-11(2)8-9-12(14(16)21)15(17)19/h8-9H,3-7,10H2,1-2H3,(H2,16,21). The lowest BCUT2D eigenvalue weighted by atomic mass is 10.2. The Morgan fingerprint density at radius 3 is 2.67 bits per heavy atom. The molecule has 1 heterocycles. The molecule has 0 unspecified atom stereocenters. The molecule has 116 valence electrons. The fourth-order valence-electron chi connectivity index (χ4n) is 2.09. The fourth-order valence-corrected chi connectivity index (χ4v) is 2.24. The highest BCUT2D eigenvalue weighted by Gasteiger charge is 2.08. The number of ether oxygens (including phenoxy) is 1. The van der Waals surface area contributed by atoms with Crippen LogP contribution in [0.4, 0.5) is 0 Å². The summed E-state index contributed by atoms with van der Waals surface area (Å²) in [5, 5.41) is 0. The lowest BCUT2D eigenvalue weighted by Gasteiger charge is -2.11. The van der Waals surface area contributed by atoms with Crippen LogP contribution >= 0.6 is 12.2 Å². The average Bonchev–Trinajstić information content (AvgIpc) is 2.41. The van der Waals surface area contributed by atoms with E-state index >= 15 is 0 Å². The Morgan fingerprint density at radius 2 is 2.05 bits per heavy atom. The third-order valence-corrected chi connectivity index (χ3v) is 3.45. The zero-order valence-electron chi connectivity index (χ0n) is 12.6. The van der Waals surface area contributed by atoms with Crippen molar-refractivity contribution in [2.75, 3.05) is 6.61 Å². The minimum absolute atomic E-state index is 0.121. The molecule has 0 radical (unpaired) electrons. The highest BCUT2D eigenvalue weighted by atomic mass is 32.1. The summed E-state index contributed by atoms with van der Waals surface area (Å²) < 4.78 is 6.54. The molecule has 0 spiro atoms. The Morgan fingerprint density at radius 1 is 1.33 bits per heavy atom. The van der Waals surface area contributed by atoms with Crippen molar-refractivity contribution in [1.29, 1.82) is 0 Å². The molecule has 5 nitrogen and oxygen atoms in total. The van der Waals surface area contributed by atoms with Gasteiger partial charge in [0.25, 0.3) is 5.56 Å². The van der Waals surface area contributed by atoms with Crippen LogP contribution in [-0.2, 0) is 16.1 Å². The van der Waals surface area contributed by atoms with E-state index in [2.05, 4.69) is 0 Å². The van der Waals surface area contributed by atoms with Crippen molar-refractivity contribution < 1.29 is 9.53 Å². The first kappa shape index (κ1) is 17.4. The molecule has 0 aliphatic carbocycles. The van der Waals surface area contributed by atoms with Crippen molar-refractivity contribution in [3.8, 4) is 0 Å². The van der Waals surface area contributed by atoms with Crippen LogP contribution < -0.4 is 11.3 Å². The van der Waals surface area contributed by atoms with Crippen LogP contribution in [0.15, 0.2) is 16.9 Å². The molecular weight excluding hydrogens is 288 g/mol. The maximum absolute atomic E-state index is 12.2. The third-order valence-electron chi connectivity index (χ3n) is 3.23. The Balaban J connectivity index is 2.53. The number of esters is 1. The second kappa shape index (κ2) is 8.56. The van der Waals surface area contributed by atoms with Crippen molar-refractivity contribution in [3.63, 3.8) is 0 Å². The van der Waals surface area contributed by atoms with Gasteiger partial charge in [0.2, 0.25) is 0 Å². The third kappa shape index (κ3) is 5.30. The Kier molecular flexibility index (Phi) is 7.08. The van der Waals surface area contributed by atoms with E-state index in [1.54, 1.807) is 17.6 Å². The number of nitrogens with two attached hydrogens (primary N) is 1. The summed E-state index contributed by atoms with van der Waals surface area (Å²) >= 11 is 4.87. The molecule has 6 heteroatoms. The molecule has 0 atom stereocenters. The molecule has 1 aromatic heterocycles. The van der Waals surface area contributed by atoms with Gasteiger partial charge in [-0.05, 0) is 38.8 Å². The number of aryl methyl sites for hydroxylation is 1. The predicted octanol–water partition coefficient (Wildman–Crippen LogP) is 1.91. The van der Waals surface area contributed by atoms with Crippen molar-refractivity contribution in [1.82, 2.24) is 4.57 Å². The van der Waals surface area contributed by atoms with Gasteiger partial charge in [-0.15, -0.1) is 0 Å². The van der Waals surface area contributed by atoms with E-state index in [0.29, 0.717) is 25.1 Å². The lowest BCUT2D eigenvalue weighted by Crippen LogP contribution is -2.30. The molecular formula is C15H22N2O3S. The Bertz CT molecular complexity index is 567. The molecule has 2 N–H and O–H groups in total. The number of hydrogen-bond acceptors (Lipinski definition) is 4. The number of aromatic nitrogens is 1. The highest BCUT2D eigenvalue weighted by Crippen LogP contribution is 2.05. The van der Waals surface area contributed by atoms with E-state index in [4.69, 9.17) is 22.7 Å². The topological polar surface area (TPSA) is 74.3 Å². The lowest BCUT2D eigenvalue weighted by molar-refractivity contribution is -0.143. The first-order valence-corrected chi connectivity index (χ1v) is 7.54. The number of rotatable bonds is 8. The molecule has 1 rings (SSSR count). The van der Waals surface area contributed by atoms with Crippen molar-refractivity contribution >= 4 is 23.2 Å². The molecule has 0 saturated carbocycles. The van der Waals surface area contributed by atoms with Gasteiger partial charge in [-0.3, -0.25) is 9.59 Å². The molecule has 0 fully saturated rings. The van der Waals surface area contributed by atoms with E-state index in [0.717, 1.165) is 25.0 Å². The first-order chi connectivity index (χ1) is 9.97. The normalized spacial score (nSPS) is 10.4. The van der Waals surface area contributed by atoms with Crippen LogP contribution in [0.1, 0.15) is 43.9 Å². The van der Waals surface area contributed by atoms with Crippen molar-refractivity contribution in [3.05, 3.63) is 33.7 Å². The second-order valence-corrected chi connectivity index (χ2v) is 5.26. The summed E-state index contributed by atoms with van der Waals surface area (Å²) in [6.45, 7) is 4.69. The van der Waals surface area contributed by atoms with Crippen LogP contribution in [-0.4, -0.2) is 22.1 Å². The van der Waals surface area contributed by atoms with E-state index in [1.165, 1.54) is 0 Å². The maximum Gasteiger partial charge on any atom is 0.305 e. The zero-order valence-corrected chi connectivity index (χ0v) is 13.4. The summed E-state index contributed by atoms with van der Waals surface area (Å²) in [6, 6.07) is 3.51. The number of unbranched alkanes of at least 4 members (excludes halogenated alkanes) is 2. The molecule has 0 saturated heterocycles. The fraction of sp³-hybridized carbons (Fsp3) is 0.533. The van der Waals surface area contributed by atoms with Crippen molar-refractivity contribution in [2.24, 2.45) is 5.73 Å². The summed E-state index contributed by atoms with van der Waals surface area (Å²) in [5.74, 6) is -0.165. The molecule has 0 aliphatic rings. The second-order valence-electron chi connectivity index (χ2n) is 4.83. The molecule has 21 heavy (non-hydrogen) atoms. The number of hydrogen-bond donors (Lipinski definition) is 1. The molecule has 1 aromatic rings. The van der Waals surface area contributed by atoms with Crippen LogP contribution in [0.2, 0.25) is 0 Å².